The van der Waals surface area contributed by atoms with Crippen LogP contribution in [0.3, 0.4) is 0 Å². The number of carbonyl (C=O) groups is 1. The lowest BCUT2D eigenvalue weighted by Gasteiger charge is -2.33. The van der Waals surface area contributed by atoms with Gasteiger partial charge in [0.25, 0.3) is 0 Å². The number of benzene rings is 1. The molecular formula is C18H26F2IN3O2. The molecule has 5 nitrogen and oxygen atoms in total. The second-order valence-electron chi connectivity index (χ2n) is 5.97. The van der Waals surface area contributed by atoms with Crippen molar-refractivity contribution in [2.75, 3.05) is 33.3 Å². The molecule has 1 heterocycles. The number of likely N-dealkylation sites (tertiary alicyclic amines) is 1. The largest absolute Gasteiger partial charge is 0.466 e. The molecule has 0 aliphatic carbocycles. The van der Waals surface area contributed by atoms with Crippen molar-refractivity contribution >= 4 is 35.9 Å². The molecule has 1 saturated heterocycles. The Labute approximate surface area is 170 Å². The van der Waals surface area contributed by atoms with Gasteiger partial charge in [-0.2, -0.15) is 0 Å². The first-order valence-corrected chi connectivity index (χ1v) is 8.61. The monoisotopic (exact) mass is 481 g/mol. The van der Waals surface area contributed by atoms with Gasteiger partial charge in [0.05, 0.1) is 12.5 Å². The Kier molecular flexibility index (Phi) is 9.82. The molecule has 0 unspecified atom stereocenters. The number of hydrogen-bond acceptors (Lipinski definition) is 3. The number of rotatable bonds is 5. The van der Waals surface area contributed by atoms with E-state index >= 15 is 0 Å². The lowest BCUT2D eigenvalue weighted by molar-refractivity contribution is -0.149. The van der Waals surface area contributed by atoms with E-state index in [1.807, 2.05) is 6.92 Å². The van der Waals surface area contributed by atoms with Crippen LogP contribution in [-0.2, 0) is 16.0 Å². The van der Waals surface area contributed by atoms with Gasteiger partial charge in [0, 0.05) is 32.7 Å². The molecule has 0 atom stereocenters. The number of guanidine groups is 1. The van der Waals surface area contributed by atoms with Crippen LogP contribution in [0.2, 0.25) is 0 Å². The number of nitrogens with zero attached hydrogens (tertiary/aromatic N) is 2. The molecule has 0 saturated carbocycles. The third-order valence-corrected chi connectivity index (χ3v) is 4.32. The number of esters is 1. The highest BCUT2D eigenvalue weighted by Crippen LogP contribution is 2.18. The molecule has 0 amide bonds. The van der Waals surface area contributed by atoms with Crippen molar-refractivity contribution in [3.8, 4) is 0 Å². The summed E-state index contributed by atoms with van der Waals surface area (Å²) in [4.78, 5) is 18.1. The maximum absolute atomic E-state index is 13.6. The summed E-state index contributed by atoms with van der Waals surface area (Å²) in [7, 11) is 1.69. The van der Waals surface area contributed by atoms with E-state index in [0.29, 0.717) is 38.2 Å². The van der Waals surface area contributed by atoms with Gasteiger partial charge >= 0.3 is 5.97 Å². The summed E-state index contributed by atoms with van der Waals surface area (Å²) in [5, 5.41) is 3.20. The van der Waals surface area contributed by atoms with E-state index in [4.69, 9.17) is 4.74 Å². The summed E-state index contributed by atoms with van der Waals surface area (Å²) in [5.41, 5.74) is 0.463. The zero-order valence-electron chi connectivity index (χ0n) is 15.1. The molecule has 1 aromatic rings. The lowest BCUT2D eigenvalue weighted by atomic mass is 9.97. The fourth-order valence-corrected chi connectivity index (χ4v) is 2.95. The van der Waals surface area contributed by atoms with Crippen molar-refractivity contribution in [1.29, 1.82) is 0 Å². The van der Waals surface area contributed by atoms with E-state index in [-0.39, 0.29) is 35.9 Å². The second-order valence-corrected chi connectivity index (χ2v) is 5.97. The quantitative estimate of drug-likeness (QED) is 0.304. The van der Waals surface area contributed by atoms with Gasteiger partial charge in [-0.15, -0.1) is 24.0 Å². The van der Waals surface area contributed by atoms with Crippen LogP contribution in [0.25, 0.3) is 0 Å². The van der Waals surface area contributed by atoms with Gasteiger partial charge in [-0.05, 0) is 37.8 Å². The first-order chi connectivity index (χ1) is 12.0. The molecule has 8 heteroatoms. The van der Waals surface area contributed by atoms with E-state index in [1.54, 1.807) is 7.05 Å². The Morgan fingerprint density at radius 3 is 2.62 bits per heavy atom. The Hall–Kier alpha value is -1.45. The predicted molar refractivity (Wildman–Crippen MR) is 108 cm³/mol. The van der Waals surface area contributed by atoms with Crippen molar-refractivity contribution in [2.24, 2.45) is 10.9 Å². The van der Waals surface area contributed by atoms with Crippen LogP contribution in [0.5, 0.6) is 0 Å². The van der Waals surface area contributed by atoms with Crippen LogP contribution >= 0.6 is 24.0 Å². The van der Waals surface area contributed by atoms with Crippen molar-refractivity contribution in [3.05, 3.63) is 35.4 Å². The zero-order valence-corrected chi connectivity index (χ0v) is 17.5. The van der Waals surface area contributed by atoms with E-state index in [9.17, 15) is 13.6 Å². The number of nitrogens with one attached hydrogen (secondary N) is 1. The molecule has 1 N–H and O–H groups in total. The maximum Gasteiger partial charge on any atom is 0.309 e. The second kappa shape index (κ2) is 11.3. The molecule has 1 aliphatic rings. The van der Waals surface area contributed by atoms with Gasteiger partial charge in [-0.25, -0.2) is 8.78 Å². The molecule has 26 heavy (non-hydrogen) atoms. The molecule has 1 aliphatic heterocycles. The summed E-state index contributed by atoms with van der Waals surface area (Å²) in [6.07, 6.45) is 1.89. The summed E-state index contributed by atoms with van der Waals surface area (Å²) >= 11 is 0. The predicted octanol–water partition coefficient (Wildman–Crippen LogP) is 2.98. The Balaban J connectivity index is 0.00000338. The first kappa shape index (κ1) is 22.6. The molecule has 146 valence electrons. The molecule has 0 spiro atoms. The van der Waals surface area contributed by atoms with Gasteiger partial charge in [-0.1, -0.05) is 6.07 Å². The average molecular weight is 481 g/mol. The number of piperidine rings is 1. The average Bonchev–Trinajstić information content (AvgIpc) is 2.61. The van der Waals surface area contributed by atoms with E-state index < -0.39 is 11.6 Å². The van der Waals surface area contributed by atoms with Gasteiger partial charge in [0.15, 0.2) is 5.96 Å². The molecular weight excluding hydrogens is 455 g/mol. The van der Waals surface area contributed by atoms with Crippen LogP contribution in [0.15, 0.2) is 23.2 Å². The van der Waals surface area contributed by atoms with Crippen LogP contribution in [0.1, 0.15) is 25.3 Å². The van der Waals surface area contributed by atoms with Crippen LogP contribution in [-0.4, -0.2) is 50.1 Å². The van der Waals surface area contributed by atoms with Crippen molar-refractivity contribution in [2.45, 2.75) is 26.2 Å². The standard InChI is InChI=1S/C18H25F2N3O2.HI/c1-3-25-17(24)14-7-10-23(11-8-14)18(21-2)22-9-6-13-4-5-15(19)12-16(13)20;/h4-5,12,14H,3,6-11H2,1-2H3,(H,21,22);1H. The van der Waals surface area contributed by atoms with E-state index in [0.717, 1.165) is 24.9 Å². The maximum atomic E-state index is 13.6. The fraction of sp³-hybridized carbons (Fsp3) is 0.556. The highest BCUT2D eigenvalue weighted by Gasteiger charge is 2.27. The van der Waals surface area contributed by atoms with E-state index in [2.05, 4.69) is 15.2 Å². The lowest BCUT2D eigenvalue weighted by Crippen LogP contribution is -2.47. The minimum Gasteiger partial charge on any atom is -0.466 e. The van der Waals surface area contributed by atoms with Gasteiger partial charge in [0.1, 0.15) is 11.6 Å². The molecule has 0 bridgehead atoms. The van der Waals surface area contributed by atoms with Crippen molar-refractivity contribution < 1.29 is 18.3 Å². The summed E-state index contributed by atoms with van der Waals surface area (Å²) in [6, 6.07) is 3.61. The minimum absolute atomic E-state index is 0. The molecule has 0 aromatic heterocycles. The van der Waals surface area contributed by atoms with Gasteiger partial charge < -0.3 is 15.0 Å². The van der Waals surface area contributed by atoms with Crippen molar-refractivity contribution in [3.63, 3.8) is 0 Å². The zero-order chi connectivity index (χ0) is 18.2. The molecule has 0 radical (unpaired) electrons. The first-order valence-electron chi connectivity index (χ1n) is 8.61. The smallest absolute Gasteiger partial charge is 0.309 e. The normalized spacial score (nSPS) is 15.4. The Morgan fingerprint density at radius 1 is 1.35 bits per heavy atom. The summed E-state index contributed by atoms with van der Waals surface area (Å²) in [5.74, 6) is -0.564. The molecule has 2 rings (SSSR count). The fourth-order valence-electron chi connectivity index (χ4n) is 2.95. The Morgan fingerprint density at radius 2 is 2.04 bits per heavy atom. The number of ether oxygens (including phenoxy) is 1. The number of halogens is 3. The highest BCUT2D eigenvalue weighted by atomic mass is 127. The molecule has 1 fully saturated rings. The van der Waals surface area contributed by atoms with Gasteiger partial charge in [-0.3, -0.25) is 9.79 Å². The number of hydrogen-bond donors (Lipinski definition) is 1. The van der Waals surface area contributed by atoms with E-state index in [1.165, 1.54) is 12.1 Å². The summed E-state index contributed by atoms with van der Waals surface area (Å²) in [6.45, 7) is 4.14. The van der Waals surface area contributed by atoms with Gasteiger partial charge in [0.2, 0.25) is 0 Å². The Bertz CT molecular complexity index is 620. The van der Waals surface area contributed by atoms with Crippen molar-refractivity contribution in [1.82, 2.24) is 10.2 Å². The van der Waals surface area contributed by atoms with Crippen LogP contribution in [0, 0.1) is 17.6 Å². The minimum atomic E-state index is -0.575. The highest BCUT2D eigenvalue weighted by molar-refractivity contribution is 14.0. The van der Waals surface area contributed by atoms with Crippen LogP contribution < -0.4 is 5.32 Å². The number of carbonyl (C=O) groups excluding carboxylic acids is 1. The third kappa shape index (κ3) is 6.37. The molecule has 1 aromatic carbocycles. The topological polar surface area (TPSA) is 53.9 Å². The number of aliphatic imine (C=N–C) groups is 1. The SMILES string of the molecule is CCOC(=O)C1CCN(C(=NC)NCCc2ccc(F)cc2F)CC1.I. The summed E-state index contributed by atoms with van der Waals surface area (Å²) < 4.78 is 31.6. The third-order valence-electron chi connectivity index (χ3n) is 4.32. The van der Waals surface area contributed by atoms with Crippen LogP contribution in [0.4, 0.5) is 8.78 Å².